The van der Waals surface area contributed by atoms with E-state index in [1.807, 2.05) is 36.4 Å². The maximum absolute atomic E-state index is 14.0. The molecule has 34 heavy (non-hydrogen) atoms. The summed E-state index contributed by atoms with van der Waals surface area (Å²) in [4.78, 5) is 15.3. The lowest BCUT2D eigenvalue weighted by Crippen LogP contribution is -2.44. The largest absolute Gasteiger partial charge is 0.335 e. The first-order chi connectivity index (χ1) is 16.5. The number of fused-ring (bicyclic) bond motifs is 1. The van der Waals surface area contributed by atoms with Gasteiger partial charge in [0.2, 0.25) is 0 Å². The zero-order valence-corrected chi connectivity index (χ0v) is 19.9. The zero-order chi connectivity index (χ0) is 23.7. The van der Waals surface area contributed by atoms with Crippen molar-refractivity contribution in [2.45, 2.75) is 38.1 Å². The highest BCUT2D eigenvalue weighted by Crippen LogP contribution is 2.36. The van der Waals surface area contributed by atoms with Gasteiger partial charge in [-0.3, -0.25) is 0 Å². The van der Waals surface area contributed by atoms with Crippen molar-refractivity contribution in [1.29, 1.82) is 0 Å². The van der Waals surface area contributed by atoms with Crippen LogP contribution in [0, 0.1) is 5.82 Å². The van der Waals surface area contributed by atoms with Gasteiger partial charge in [0.1, 0.15) is 5.82 Å². The second-order valence-corrected chi connectivity index (χ2v) is 9.29. The molecule has 1 N–H and O–H groups in total. The molecule has 0 spiro atoms. The summed E-state index contributed by atoms with van der Waals surface area (Å²) >= 11 is 12.3. The van der Waals surface area contributed by atoms with Crippen molar-refractivity contribution < 1.29 is 9.18 Å². The Morgan fingerprint density at radius 1 is 1.00 bits per heavy atom. The molecule has 0 bridgehead atoms. The number of amides is 2. The summed E-state index contributed by atoms with van der Waals surface area (Å²) in [5.41, 5.74) is 1.90. The number of carbonyl (C=O) groups is 1. The van der Waals surface area contributed by atoms with Crippen LogP contribution in [-0.2, 0) is 0 Å². The van der Waals surface area contributed by atoms with E-state index < -0.39 is 5.82 Å². The number of halogens is 3. The van der Waals surface area contributed by atoms with Crippen LogP contribution in [0.5, 0.6) is 0 Å². The molecular formula is C26H23Cl2FN4O. The van der Waals surface area contributed by atoms with Gasteiger partial charge in [-0.15, -0.1) is 0 Å². The summed E-state index contributed by atoms with van der Waals surface area (Å²) < 4.78 is 15.7. The van der Waals surface area contributed by atoms with Crippen molar-refractivity contribution in [3.63, 3.8) is 0 Å². The number of urea groups is 1. The summed E-state index contributed by atoms with van der Waals surface area (Å²) in [6, 6.07) is 18.9. The van der Waals surface area contributed by atoms with Gasteiger partial charge in [0.05, 0.1) is 21.9 Å². The Balaban J connectivity index is 1.69. The highest BCUT2D eigenvalue weighted by Gasteiger charge is 2.28. The number of benzene rings is 3. The number of nitrogens with one attached hydrogen (secondary N) is 1. The van der Waals surface area contributed by atoms with Crippen molar-refractivity contribution in [3.05, 3.63) is 82.6 Å². The van der Waals surface area contributed by atoms with Crippen LogP contribution in [0.25, 0.3) is 16.6 Å². The number of carbonyl (C=O) groups excluding carboxylic acids is 1. The molecule has 1 aliphatic carbocycles. The Morgan fingerprint density at radius 2 is 1.74 bits per heavy atom. The monoisotopic (exact) mass is 496 g/mol. The third-order valence-corrected chi connectivity index (χ3v) is 6.68. The maximum Gasteiger partial charge on any atom is 0.327 e. The highest BCUT2D eigenvalue weighted by atomic mass is 35.5. The number of rotatable bonds is 4. The fourth-order valence-corrected chi connectivity index (χ4v) is 4.74. The number of aromatic nitrogens is 2. The molecule has 174 valence electrons. The molecule has 0 radical (unpaired) electrons. The van der Waals surface area contributed by atoms with Gasteiger partial charge in [-0.2, -0.15) is 5.10 Å². The summed E-state index contributed by atoms with van der Waals surface area (Å²) in [5.74, 6) is -0.0111. The lowest BCUT2D eigenvalue weighted by molar-refractivity contribution is 0.240. The first-order valence-electron chi connectivity index (χ1n) is 11.3. The van der Waals surface area contributed by atoms with Gasteiger partial charge < -0.3 is 5.32 Å². The molecule has 4 aromatic rings. The highest BCUT2D eigenvalue weighted by molar-refractivity contribution is 6.31. The molecule has 3 aromatic carbocycles. The third kappa shape index (κ3) is 4.48. The Morgan fingerprint density at radius 3 is 2.47 bits per heavy atom. The Labute approximate surface area is 207 Å². The van der Waals surface area contributed by atoms with Gasteiger partial charge in [-0.25, -0.2) is 18.8 Å². The van der Waals surface area contributed by atoms with E-state index in [1.54, 1.807) is 22.9 Å². The van der Waals surface area contributed by atoms with E-state index in [9.17, 15) is 9.18 Å². The number of anilines is 2. The number of nitrogens with zero attached hydrogens (tertiary/aromatic N) is 3. The quantitative estimate of drug-likeness (QED) is 0.315. The van der Waals surface area contributed by atoms with E-state index in [2.05, 4.69) is 5.32 Å². The Bertz CT molecular complexity index is 1330. The van der Waals surface area contributed by atoms with Crippen LogP contribution in [0.2, 0.25) is 10.0 Å². The van der Waals surface area contributed by atoms with Crippen molar-refractivity contribution in [1.82, 2.24) is 15.1 Å². The summed E-state index contributed by atoms with van der Waals surface area (Å²) in [5, 5.41) is 9.26. The Hall–Kier alpha value is -3.09. The summed E-state index contributed by atoms with van der Waals surface area (Å²) in [7, 11) is 0. The minimum absolute atomic E-state index is 0.0603. The molecule has 8 heteroatoms. The van der Waals surface area contributed by atoms with Crippen LogP contribution in [0.15, 0.2) is 66.7 Å². The number of hydrogen-bond donors (Lipinski definition) is 1. The van der Waals surface area contributed by atoms with Crippen LogP contribution in [0.1, 0.15) is 32.1 Å². The third-order valence-electron chi connectivity index (χ3n) is 6.13. The van der Waals surface area contributed by atoms with E-state index in [-0.39, 0.29) is 17.1 Å². The minimum atomic E-state index is -0.547. The van der Waals surface area contributed by atoms with Crippen molar-refractivity contribution >= 4 is 51.6 Å². The molecule has 1 aliphatic rings. The Kier molecular flexibility index (Phi) is 6.44. The molecule has 5 nitrogen and oxygen atoms in total. The van der Waals surface area contributed by atoms with Crippen molar-refractivity contribution in [3.8, 4) is 5.69 Å². The second kappa shape index (κ2) is 9.65. The maximum atomic E-state index is 14.0. The van der Waals surface area contributed by atoms with Gasteiger partial charge in [-0.05, 0) is 67.4 Å². The first-order valence-corrected chi connectivity index (χ1v) is 12.1. The van der Waals surface area contributed by atoms with Crippen LogP contribution < -0.4 is 10.2 Å². The van der Waals surface area contributed by atoms with E-state index in [0.717, 1.165) is 42.3 Å². The second-order valence-electron chi connectivity index (χ2n) is 8.45. The van der Waals surface area contributed by atoms with Crippen molar-refractivity contribution in [2.24, 2.45) is 0 Å². The van der Waals surface area contributed by atoms with Gasteiger partial charge in [0.25, 0.3) is 0 Å². The van der Waals surface area contributed by atoms with Crippen LogP contribution in [0.3, 0.4) is 0 Å². The molecule has 5 rings (SSSR count). The molecular weight excluding hydrogens is 474 g/mol. The van der Waals surface area contributed by atoms with E-state index in [1.165, 1.54) is 23.5 Å². The summed E-state index contributed by atoms with van der Waals surface area (Å²) in [6.07, 6.45) is 5.21. The predicted octanol–water partition coefficient (Wildman–Crippen LogP) is 7.65. The standard InChI is InChI=1S/C26H23Cl2FN4O/c27-17-10-12-19(13-11-17)33-25(21-8-4-5-9-24(21)31-33)32(20-14-15-23(29)22(28)16-20)26(34)30-18-6-2-1-3-7-18/h4-5,8-16,18H,1-3,6-7H2,(H,30,34). The van der Waals surface area contributed by atoms with Gasteiger partial charge >= 0.3 is 6.03 Å². The molecule has 1 fully saturated rings. The molecule has 2 amide bonds. The average molecular weight is 497 g/mol. The zero-order valence-electron chi connectivity index (χ0n) is 18.3. The van der Waals surface area contributed by atoms with E-state index in [4.69, 9.17) is 28.3 Å². The predicted molar refractivity (Wildman–Crippen MR) is 135 cm³/mol. The molecule has 0 aliphatic heterocycles. The van der Waals surface area contributed by atoms with Gasteiger partial charge in [0.15, 0.2) is 5.82 Å². The van der Waals surface area contributed by atoms with Crippen LogP contribution >= 0.6 is 23.2 Å². The summed E-state index contributed by atoms with van der Waals surface area (Å²) in [6.45, 7) is 0. The fraction of sp³-hybridized carbons (Fsp3) is 0.231. The minimum Gasteiger partial charge on any atom is -0.335 e. The normalized spacial score (nSPS) is 14.3. The topological polar surface area (TPSA) is 50.2 Å². The molecule has 0 saturated heterocycles. The van der Waals surface area contributed by atoms with Gasteiger partial charge in [-0.1, -0.05) is 54.6 Å². The fourth-order valence-electron chi connectivity index (χ4n) is 4.44. The van der Waals surface area contributed by atoms with Crippen molar-refractivity contribution in [2.75, 3.05) is 4.90 Å². The van der Waals surface area contributed by atoms with E-state index in [0.29, 0.717) is 16.5 Å². The average Bonchev–Trinajstić information content (AvgIpc) is 3.22. The lowest BCUT2D eigenvalue weighted by atomic mass is 9.96. The molecule has 0 atom stereocenters. The van der Waals surface area contributed by atoms with E-state index >= 15 is 0 Å². The first kappa shape index (κ1) is 22.7. The molecule has 1 heterocycles. The van der Waals surface area contributed by atoms with Gasteiger partial charge in [0, 0.05) is 16.5 Å². The van der Waals surface area contributed by atoms with Crippen LogP contribution in [-0.4, -0.2) is 21.9 Å². The molecule has 1 aromatic heterocycles. The molecule has 1 saturated carbocycles. The van der Waals surface area contributed by atoms with Crippen LogP contribution in [0.4, 0.5) is 20.7 Å². The lowest BCUT2D eigenvalue weighted by Gasteiger charge is -2.29. The number of hydrogen-bond acceptors (Lipinski definition) is 2. The molecule has 0 unspecified atom stereocenters. The smallest absolute Gasteiger partial charge is 0.327 e. The SMILES string of the molecule is O=C(NC1CCCCC1)N(c1ccc(F)c(Cl)c1)c1c2ccccc2nn1-c1ccc(Cl)cc1.